The van der Waals surface area contributed by atoms with Gasteiger partial charge in [0.05, 0.1) is 13.2 Å². The number of rotatable bonds is 7. The van der Waals surface area contributed by atoms with Gasteiger partial charge >= 0.3 is 0 Å². The van der Waals surface area contributed by atoms with Crippen LogP contribution in [-0.4, -0.2) is 21.6 Å². The third-order valence-corrected chi connectivity index (χ3v) is 3.81. The molecule has 0 spiro atoms. The maximum Gasteiger partial charge on any atom is 0.266 e. The van der Waals surface area contributed by atoms with Gasteiger partial charge in [-0.15, -0.1) is 0 Å². The molecule has 0 fully saturated rings. The van der Waals surface area contributed by atoms with E-state index in [-0.39, 0.29) is 10.8 Å². The molecule has 0 saturated heterocycles. The number of hydrogen-bond acceptors (Lipinski definition) is 4. The Morgan fingerprint density at radius 3 is 2.63 bits per heavy atom. The molecule has 0 unspecified atom stereocenters. The average Bonchev–Trinajstić information content (AvgIpc) is 2.31. The second-order valence-corrected chi connectivity index (χ2v) is 6.84. The van der Waals surface area contributed by atoms with Crippen molar-refractivity contribution in [1.82, 2.24) is 4.89 Å². The molecule has 0 amide bonds. The third-order valence-electron chi connectivity index (χ3n) is 2.08. The Morgan fingerprint density at radius 2 is 2.05 bits per heavy atom. The molecule has 1 N–H and O–H groups in total. The van der Waals surface area contributed by atoms with E-state index in [2.05, 4.69) is 20.8 Å². The smallest absolute Gasteiger partial charge is 0.266 e. The van der Waals surface area contributed by atoms with Gasteiger partial charge in [-0.3, -0.25) is 4.84 Å². The molecule has 1 aromatic carbocycles. The van der Waals surface area contributed by atoms with Crippen LogP contribution in [0.25, 0.3) is 0 Å². The second-order valence-electron chi connectivity index (χ2n) is 4.32. The number of hydrogen-bond donors (Lipinski definition) is 1. The lowest BCUT2D eigenvalue weighted by Gasteiger charge is -2.13. The molecule has 1 aromatic rings. The molecule has 1 rings (SSSR count). The molecule has 0 heterocycles. The molecule has 7 heteroatoms. The van der Waals surface area contributed by atoms with Gasteiger partial charge in [0.1, 0.15) is 10.6 Å². The van der Waals surface area contributed by atoms with Crippen LogP contribution in [-0.2, 0) is 14.9 Å². The molecular formula is C12H18BrNO4S. The van der Waals surface area contributed by atoms with Crippen LogP contribution < -0.4 is 9.62 Å². The minimum atomic E-state index is -3.76. The van der Waals surface area contributed by atoms with Crippen molar-refractivity contribution in [2.75, 3.05) is 13.2 Å². The largest absolute Gasteiger partial charge is 0.492 e. The molecular weight excluding hydrogens is 334 g/mol. The van der Waals surface area contributed by atoms with Gasteiger partial charge in [-0.05, 0) is 31.0 Å². The summed E-state index contributed by atoms with van der Waals surface area (Å²) in [5, 5.41) is 0. The lowest BCUT2D eigenvalue weighted by atomic mass is 10.2. The Hall–Kier alpha value is -0.630. The van der Waals surface area contributed by atoms with E-state index in [1.165, 1.54) is 6.07 Å². The van der Waals surface area contributed by atoms with E-state index < -0.39 is 10.0 Å². The van der Waals surface area contributed by atoms with Crippen molar-refractivity contribution in [3.05, 3.63) is 22.7 Å². The summed E-state index contributed by atoms with van der Waals surface area (Å²) in [6, 6.07) is 4.80. The van der Waals surface area contributed by atoms with E-state index in [0.29, 0.717) is 23.4 Å². The lowest BCUT2D eigenvalue weighted by molar-refractivity contribution is 0.0717. The van der Waals surface area contributed by atoms with Crippen LogP contribution in [0.1, 0.15) is 20.8 Å². The van der Waals surface area contributed by atoms with Crippen molar-refractivity contribution in [3.8, 4) is 5.75 Å². The minimum Gasteiger partial charge on any atom is -0.492 e. The molecule has 0 atom stereocenters. The fourth-order valence-electron chi connectivity index (χ4n) is 1.29. The highest BCUT2D eigenvalue weighted by Crippen LogP contribution is 2.27. The van der Waals surface area contributed by atoms with Crippen molar-refractivity contribution < 1.29 is 18.0 Å². The Labute approximate surface area is 122 Å². The zero-order valence-corrected chi connectivity index (χ0v) is 13.5. The first-order valence-corrected chi connectivity index (χ1v) is 8.20. The van der Waals surface area contributed by atoms with Crippen LogP contribution in [0.3, 0.4) is 0 Å². The molecule has 19 heavy (non-hydrogen) atoms. The summed E-state index contributed by atoms with van der Waals surface area (Å²) < 4.78 is 30.2. The maximum absolute atomic E-state index is 12.1. The lowest BCUT2D eigenvalue weighted by Crippen LogP contribution is -2.26. The number of benzene rings is 1. The Kier molecular flexibility index (Phi) is 6.25. The Bertz CT molecular complexity index is 516. The average molecular weight is 352 g/mol. The van der Waals surface area contributed by atoms with E-state index >= 15 is 0 Å². The molecule has 0 aliphatic rings. The van der Waals surface area contributed by atoms with Crippen molar-refractivity contribution >= 4 is 26.0 Å². The summed E-state index contributed by atoms with van der Waals surface area (Å²) in [7, 11) is -3.76. The molecule has 0 aliphatic heterocycles. The van der Waals surface area contributed by atoms with Crippen LogP contribution in [0.5, 0.6) is 5.75 Å². The first kappa shape index (κ1) is 16.4. The van der Waals surface area contributed by atoms with Gasteiger partial charge in [0.25, 0.3) is 10.0 Å². The van der Waals surface area contributed by atoms with Crippen LogP contribution in [0.2, 0.25) is 0 Å². The molecule has 0 radical (unpaired) electrons. The van der Waals surface area contributed by atoms with E-state index in [1.54, 1.807) is 19.1 Å². The fourth-order valence-corrected chi connectivity index (χ4v) is 2.79. The Balaban J connectivity index is 2.95. The van der Waals surface area contributed by atoms with E-state index in [0.717, 1.165) is 0 Å². The van der Waals surface area contributed by atoms with Crippen LogP contribution in [0.4, 0.5) is 0 Å². The van der Waals surface area contributed by atoms with Gasteiger partial charge < -0.3 is 4.74 Å². The van der Waals surface area contributed by atoms with Crippen molar-refractivity contribution in [1.29, 1.82) is 0 Å². The Morgan fingerprint density at radius 1 is 1.37 bits per heavy atom. The number of halogens is 1. The van der Waals surface area contributed by atoms with Crippen LogP contribution in [0, 0.1) is 5.92 Å². The van der Waals surface area contributed by atoms with E-state index in [4.69, 9.17) is 9.57 Å². The number of nitrogens with one attached hydrogen (secondary N) is 1. The highest BCUT2D eigenvalue weighted by Gasteiger charge is 2.20. The highest BCUT2D eigenvalue weighted by molar-refractivity contribution is 9.10. The fraction of sp³-hybridized carbons (Fsp3) is 0.500. The SMILES string of the molecule is CCOc1ccc(Br)cc1S(=O)(=O)NOCC(C)C. The predicted octanol–water partition coefficient (Wildman–Crippen LogP) is 2.71. The quantitative estimate of drug-likeness (QED) is 0.767. The van der Waals surface area contributed by atoms with Gasteiger partial charge in [-0.2, -0.15) is 0 Å². The van der Waals surface area contributed by atoms with Gasteiger partial charge in [0.15, 0.2) is 0 Å². The zero-order valence-electron chi connectivity index (χ0n) is 11.1. The number of sulfonamides is 1. The first-order chi connectivity index (χ1) is 8.86. The normalized spacial score (nSPS) is 11.8. The second kappa shape index (κ2) is 7.23. The molecule has 5 nitrogen and oxygen atoms in total. The van der Waals surface area contributed by atoms with E-state index in [9.17, 15) is 8.42 Å². The monoisotopic (exact) mass is 351 g/mol. The predicted molar refractivity (Wildman–Crippen MR) is 76.4 cm³/mol. The summed E-state index contributed by atoms with van der Waals surface area (Å²) in [5.74, 6) is 0.530. The summed E-state index contributed by atoms with van der Waals surface area (Å²) >= 11 is 3.24. The van der Waals surface area contributed by atoms with E-state index in [1.807, 2.05) is 13.8 Å². The first-order valence-electron chi connectivity index (χ1n) is 5.92. The standard InChI is InChI=1S/C12H18BrNO4S/c1-4-17-11-6-5-10(13)7-12(11)19(15,16)14-18-8-9(2)3/h5-7,9,14H,4,8H2,1-3H3. The molecule has 0 bridgehead atoms. The van der Waals surface area contributed by atoms with Crippen LogP contribution >= 0.6 is 15.9 Å². The van der Waals surface area contributed by atoms with Crippen molar-refractivity contribution in [2.45, 2.75) is 25.7 Å². The summed E-state index contributed by atoms with van der Waals surface area (Å²) in [5.41, 5.74) is 0. The molecule has 0 aromatic heterocycles. The molecule has 0 saturated carbocycles. The zero-order chi connectivity index (χ0) is 14.5. The minimum absolute atomic E-state index is 0.0486. The van der Waals surface area contributed by atoms with Gasteiger partial charge in [0.2, 0.25) is 0 Å². The van der Waals surface area contributed by atoms with Gasteiger partial charge in [0, 0.05) is 4.47 Å². The van der Waals surface area contributed by atoms with Gasteiger partial charge in [-0.1, -0.05) is 34.7 Å². The maximum atomic E-state index is 12.1. The molecule has 108 valence electrons. The van der Waals surface area contributed by atoms with Crippen molar-refractivity contribution in [3.63, 3.8) is 0 Å². The topological polar surface area (TPSA) is 64.6 Å². The molecule has 0 aliphatic carbocycles. The van der Waals surface area contributed by atoms with Crippen LogP contribution in [0.15, 0.2) is 27.6 Å². The third kappa shape index (κ3) is 5.10. The van der Waals surface area contributed by atoms with Gasteiger partial charge in [-0.25, -0.2) is 8.42 Å². The summed E-state index contributed by atoms with van der Waals surface area (Å²) in [6.07, 6.45) is 0. The number of ether oxygens (including phenoxy) is 1. The summed E-state index contributed by atoms with van der Waals surface area (Å²) in [6.45, 7) is 6.34. The van der Waals surface area contributed by atoms with Crippen molar-refractivity contribution in [2.24, 2.45) is 5.92 Å². The summed E-state index contributed by atoms with van der Waals surface area (Å²) in [4.78, 5) is 7.13. The highest BCUT2D eigenvalue weighted by atomic mass is 79.9.